The maximum atomic E-state index is 12.9. The van der Waals surface area contributed by atoms with Crippen LogP contribution < -0.4 is 5.73 Å². The molecule has 112 valence electrons. The summed E-state index contributed by atoms with van der Waals surface area (Å²) in [5, 5.41) is 10.1. The second kappa shape index (κ2) is 5.54. The van der Waals surface area contributed by atoms with Gasteiger partial charge in [0.15, 0.2) is 0 Å². The molecule has 0 saturated carbocycles. The van der Waals surface area contributed by atoms with Gasteiger partial charge in [-0.25, -0.2) is 0 Å². The minimum absolute atomic E-state index is 0.0620. The quantitative estimate of drug-likeness (QED) is 0.859. The van der Waals surface area contributed by atoms with Crippen LogP contribution in [0.5, 0.6) is 5.75 Å². The number of phenolic OH excluding ortho intramolecular Hbond substituents is 1. The summed E-state index contributed by atoms with van der Waals surface area (Å²) in [6.07, 6.45) is -3.79. The molecule has 3 N–H and O–H groups in total. The minimum Gasteiger partial charge on any atom is -0.506 e. The molecule has 2 rings (SSSR count). The van der Waals surface area contributed by atoms with Crippen LogP contribution in [0, 0.1) is 5.92 Å². The van der Waals surface area contributed by atoms with Crippen LogP contribution in [-0.2, 0) is 6.18 Å². The van der Waals surface area contributed by atoms with Gasteiger partial charge in [-0.1, -0.05) is 0 Å². The number of alkyl halides is 3. The van der Waals surface area contributed by atoms with Crippen LogP contribution in [0.25, 0.3) is 0 Å². The molecule has 0 amide bonds. The zero-order valence-corrected chi connectivity index (χ0v) is 12.5. The molecule has 0 spiro atoms. The van der Waals surface area contributed by atoms with Gasteiger partial charge in [0.1, 0.15) is 5.75 Å². The Morgan fingerprint density at radius 2 is 2.10 bits per heavy atom. The molecule has 1 aliphatic heterocycles. The van der Waals surface area contributed by atoms with E-state index in [4.69, 9.17) is 5.73 Å². The fourth-order valence-electron chi connectivity index (χ4n) is 2.68. The lowest BCUT2D eigenvalue weighted by atomic mass is 9.97. The van der Waals surface area contributed by atoms with E-state index in [1.165, 1.54) is 0 Å². The van der Waals surface area contributed by atoms with E-state index in [-0.39, 0.29) is 22.2 Å². The number of nitrogens with zero attached hydrogens (tertiary/aromatic N) is 1. The first-order valence-electron chi connectivity index (χ1n) is 6.24. The zero-order chi connectivity index (χ0) is 15.1. The number of rotatable bonds is 2. The van der Waals surface area contributed by atoms with Crippen molar-refractivity contribution in [3.8, 4) is 5.75 Å². The SMILES string of the molecule is CN1CC(CN)CC1c1cc(C(F)(F)F)cc(Br)c1O. The Hall–Kier alpha value is -0.790. The third kappa shape index (κ3) is 2.94. The van der Waals surface area contributed by atoms with E-state index in [2.05, 4.69) is 15.9 Å². The number of aromatic hydroxyl groups is 1. The molecule has 3 nitrogen and oxygen atoms in total. The summed E-state index contributed by atoms with van der Waals surface area (Å²) in [5.41, 5.74) is 5.16. The fraction of sp³-hybridized carbons (Fsp3) is 0.538. The molecule has 1 fully saturated rings. The molecule has 0 aliphatic carbocycles. The molecule has 2 atom stereocenters. The Morgan fingerprint density at radius 3 is 2.60 bits per heavy atom. The van der Waals surface area contributed by atoms with Crippen LogP contribution >= 0.6 is 15.9 Å². The van der Waals surface area contributed by atoms with E-state index in [0.717, 1.165) is 12.1 Å². The van der Waals surface area contributed by atoms with Gasteiger partial charge in [0.2, 0.25) is 0 Å². The van der Waals surface area contributed by atoms with Gasteiger partial charge in [-0.15, -0.1) is 0 Å². The standard InChI is InChI=1S/C13H16BrF3N2O/c1-19-6-7(5-18)2-11(19)9-3-8(13(15,16)17)4-10(14)12(9)20/h3-4,7,11,20H,2,5-6,18H2,1H3. The van der Waals surface area contributed by atoms with Crippen molar-refractivity contribution in [1.29, 1.82) is 0 Å². The van der Waals surface area contributed by atoms with Crippen molar-refractivity contribution in [3.05, 3.63) is 27.7 Å². The molecule has 7 heteroatoms. The Labute approximate surface area is 123 Å². The molecule has 1 saturated heterocycles. The van der Waals surface area contributed by atoms with Crippen LogP contribution in [0.3, 0.4) is 0 Å². The molecule has 1 aliphatic rings. The first-order chi connectivity index (χ1) is 9.24. The van der Waals surface area contributed by atoms with Gasteiger partial charge in [0, 0.05) is 18.2 Å². The normalized spacial score (nSPS) is 24.3. The summed E-state index contributed by atoms with van der Waals surface area (Å²) < 4.78 is 38.7. The van der Waals surface area contributed by atoms with Gasteiger partial charge in [-0.2, -0.15) is 13.2 Å². The predicted molar refractivity (Wildman–Crippen MR) is 73.3 cm³/mol. The number of phenols is 1. The van der Waals surface area contributed by atoms with Crippen LogP contribution in [0.1, 0.15) is 23.6 Å². The van der Waals surface area contributed by atoms with Crippen LogP contribution in [0.15, 0.2) is 16.6 Å². The van der Waals surface area contributed by atoms with Crippen LogP contribution in [-0.4, -0.2) is 30.1 Å². The Balaban J connectivity index is 2.43. The van der Waals surface area contributed by atoms with Crippen molar-refractivity contribution in [1.82, 2.24) is 4.90 Å². The van der Waals surface area contributed by atoms with Crippen molar-refractivity contribution in [2.45, 2.75) is 18.6 Å². The Kier molecular flexibility index (Phi) is 4.32. The van der Waals surface area contributed by atoms with E-state index in [9.17, 15) is 18.3 Å². The zero-order valence-electron chi connectivity index (χ0n) is 10.9. The van der Waals surface area contributed by atoms with E-state index < -0.39 is 11.7 Å². The molecule has 1 heterocycles. The number of benzene rings is 1. The average molecular weight is 353 g/mol. The van der Waals surface area contributed by atoms with Crippen LogP contribution in [0.2, 0.25) is 0 Å². The third-order valence-electron chi connectivity index (χ3n) is 3.75. The highest BCUT2D eigenvalue weighted by Gasteiger charge is 2.36. The van der Waals surface area contributed by atoms with Crippen molar-refractivity contribution in [3.63, 3.8) is 0 Å². The van der Waals surface area contributed by atoms with Crippen molar-refractivity contribution in [2.24, 2.45) is 11.7 Å². The van der Waals surface area contributed by atoms with E-state index in [1.54, 1.807) is 0 Å². The van der Waals surface area contributed by atoms with E-state index in [0.29, 0.717) is 25.1 Å². The summed E-state index contributed by atoms with van der Waals surface area (Å²) in [5.74, 6) is 0.102. The maximum absolute atomic E-state index is 12.9. The first-order valence-corrected chi connectivity index (χ1v) is 7.03. The topological polar surface area (TPSA) is 49.5 Å². The molecule has 2 unspecified atom stereocenters. The minimum atomic E-state index is -4.44. The number of hydrogen-bond donors (Lipinski definition) is 2. The second-order valence-corrected chi connectivity index (χ2v) is 6.04. The first kappa shape index (κ1) is 15.6. The highest BCUT2D eigenvalue weighted by atomic mass is 79.9. The summed E-state index contributed by atoms with van der Waals surface area (Å²) in [6.45, 7) is 1.20. The largest absolute Gasteiger partial charge is 0.506 e. The van der Waals surface area contributed by atoms with Crippen LogP contribution in [0.4, 0.5) is 13.2 Å². The summed E-state index contributed by atoms with van der Waals surface area (Å²) in [7, 11) is 1.83. The lowest BCUT2D eigenvalue weighted by Crippen LogP contribution is -2.21. The summed E-state index contributed by atoms with van der Waals surface area (Å²) in [6, 6.07) is 1.68. The van der Waals surface area contributed by atoms with Gasteiger partial charge >= 0.3 is 6.18 Å². The van der Waals surface area contributed by atoms with E-state index in [1.807, 2.05) is 11.9 Å². The monoisotopic (exact) mass is 352 g/mol. The van der Waals surface area contributed by atoms with Gasteiger partial charge in [0.05, 0.1) is 10.0 Å². The van der Waals surface area contributed by atoms with Gasteiger partial charge < -0.3 is 10.8 Å². The Bertz CT molecular complexity index is 507. The smallest absolute Gasteiger partial charge is 0.416 e. The van der Waals surface area contributed by atoms with Crippen molar-refractivity contribution >= 4 is 15.9 Å². The lowest BCUT2D eigenvalue weighted by Gasteiger charge is -2.22. The van der Waals surface area contributed by atoms with Gasteiger partial charge in [-0.3, -0.25) is 4.90 Å². The lowest BCUT2D eigenvalue weighted by molar-refractivity contribution is -0.137. The van der Waals surface area contributed by atoms with E-state index >= 15 is 0 Å². The van der Waals surface area contributed by atoms with Crippen molar-refractivity contribution in [2.75, 3.05) is 20.1 Å². The average Bonchev–Trinajstić information content (AvgIpc) is 2.72. The molecule has 20 heavy (non-hydrogen) atoms. The molecule has 1 aromatic rings. The molecular weight excluding hydrogens is 337 g/mol. The summed E-state index contributed by atoms with van der Waals surface area (Å²) >= 11 is 3.00. The van der Waals surface area contributed by atoms with Crippen molar-refractivity contribution < 1.29 is 18.3 Å². The highest BCUT2D eigenvalue weighted by molar-refractivity contribution is 9.10. The highest BCUT2D eigenvalue weighted by Crippen LogP contribution is 2.44. The fourth-order valence-corrected chi connectivity index (χ4v) is 3.15. The molecule has 0 bridgehead atoms. The third-order valence-corrected chi connectivity index (χ3v) is 4.35. The second-order valence-electron chi connectivity index (χ2n) is 5.19. The number of hydrogen-bond acceptors (Lipinski definition) is 3. The Morgan fingerprint density at radius 1 is 1.45 bits per heavy atom. The number of nitrogens with two attached hydrogens (primary N) is 1. The number of likely N-dealkylation sites (tertiary alicyclic amines) is 1. The number of halogens is 4. The predicted octanol–water partition coefficient (Wildman–Crippen LogP) is 3.13. The van der Waals surface area contributed by atoms with Gasteiger partial charge in [-0.05, 0) is 54.0 Å². The summed E-state index contributed by atoms with van der Waals surface area (Å²) in [4.78, 5) is 1.93. The molecular formula is C13H16BrF3N2O. The molecule has 0 radical (unpaired) electrons. The van der Waals surface area contributed by atoms with Gasteiger partial charge in [0.25, 0.3) is 0 Å². The molecule has 0 aromatic heterocycles. The maximum Gasteiger partial charge on any atom is 0.416 e. The molecule has 1 aromatic carbocycles.